The first-order valence-corrected chi connectivity index (χ1v) is 9.22. The van der Waals surface area contributed by atoms with Crippen LogP contribution in [0.3, 0.4) is 0 Å². The Balaban J connectivity index is 1.59. The van der Waals surface area contributed by atoms with Crippen molar-refractivity contribution in [2.45, 2.75) is 58.9 Å². The van der Waals surface area contributed by atoms with E-state index in [0.717, 1.165) is 11.5 Å². The number of nitrogens with zero attached hydrogens (tertiary/aromatic N) is 2. The monoisotopic (exact) mass is 349 g/mol. The summed E-state index contributed by atoms with van der Waals surface area (Å²) in [6.45, 7) is 5.51. The van der Waals surface area contributed by atoms with E-state index in [4.69, 9.17) is 4.42 Å². The molecule has 1 aromatic heterocycles. The summed E-state index contributed by atoms with van der Waals surface area (Å²) in [5.41, 5.74) is 0.903. The van der Waals surface area contributed by atoms with E-state index < -0.39 is 0 Å². The minimum absolute atomic E-state index is 0.155. The lowest BCUT2D eigenvalue weighted by Crippen LogP contribution is -2.41. The van der Waals surface area contributed by atoms with Crippen molar-refractivity contribution in [3.05, 3.63) is 17.3 Å². The van der Waals surface area contributed by atoms with Crippen molar-refractivity contribution >= 4 is 11.9 Å². The van der Waals surface area contributed by atoms with Crippen molar-refractivity contribution in [1.82, 2.24) is 20.9 Å². The minimum Gasteiger partial charge on any atom is -0.444 e. The Morgan fingerprint density at radius 3 is 2.52 bits per heavy atom. The molecule has 1 aromatic rings. The Labute approximate surface area is 150 Å². The maximum absolute atomic E-state index is 12.0. The van der Waals surface area contributed by atoms with Crippen molar-refractivity contribution in [1.29, 1.82) is 0 Å². The molecule has 1 aliphatic rings. The third-order valence-corrected chi connectivity index (χ3v) is 4.64. The highest BCUT2D eigenvalue weighted by Gasteiger charge is 2.16. The molecule has 25 heavy (non-hydrogen) atoms. The van der Waals surface area contributed by atoms with Gasteiger partial charge >= 0.3 is 0 Å². The van der Waals surface area contributed by atoms with E-state index in [1.165, 1.54) is 32.1 Å². The molecule has 3 N–H and O–H groups in total. The highest BCUT2D eigenvalue weighted by molar-refractivity contribution is 5.79. The number of aromatic nitrogens is 1. The normalized spacial score (nSPS) is 15.9. The highest BCUT2D eigenvalue weighted by Crippen LogP contribution is 2.25. The zero-order valence-corrected chi connectivity index (χ0v) is 15.7. The second-order valence-electron chi connectivity index (χ2n) is 6.66. The Kier molecular flexibility index (Phi) is 7.76. The number of amides is 1. The molecule has 1 amide bonds. The Bertz CT molecular complexity index is 557. The van der Waals surface area contributed by atoms with Crippen molar-refractivity contribution in [2.24, 2.45) is 10.9 Å². The number of guanidine groups is 1. The second kappa shape index (κ2) is 10.1. The summed E-state index contributed by atoms with van der Waals surface area (Å²) in [4.78, 5) is 20.4. The minimum atomic E-state index is 0.155. The van der Waals surface area contributed by atoms with E-state index in [9.17, 15) is 4.79 Å². The number of hydrogen-bond donors (Lipinski definition) is 3. The van der Waals surface area contributed by atoms with Gasteiger partial charge in [0.2, 0.25) is 11.8 Å². The lowest BCUT2D eigenvalue weighted by atomic mass is 9.87. The molecule has 2 rings (SSSR count). The summed E-state index contributed by atoms with van der Waals surface area (Å²) in [6, 6.07) is 0. The van der Waals surface area contributed by atoms with Crippen LogP contribution in [-0.4, -0.2) is 37.0 Å². The molecule has 140 valence electrons. The van der Waals surface area contributed by atoms with Crippen molar-refractivity contribution in [3.63, 3.8) is 0 Å². The van der Waals surface area contributed by atoms with E-state index >= 15 is 0 Å². The molecule has 7 heteroatoms. The van der Waals surface area contributed by atoms with Crippen LogP contribution in [-0.2, 0) is 11.3 Å². The molecule has 0 atom stereocenters. The number of aryl methyl sites for hydroxylation is 2. The fourth-order valence-electron chi connectivity index (χ4n) is 3.10. The Hall–Kier alpha value is -2.05. The predicted molar refractivity (Wildman–Crippen MR) is 98.4 cm³/mol. The van der Waals surface area contributed by atoms with E-state index in [-0.39, 0.29) is 5.91 Å². The van der Waals surface area contributed by atoms with E-state index in [0.29, 0.717) is 43.8 Å². The predicted octanol–water partition coefficient (Wildman–Crippen LogP) is 2.04. The number of carbonyl (C=O) groups excluding carboxylic acids is 1. The average molecular weight is 349 g/mol. The molecule has 0 aliphatic heterocycles. The maximum atomic E-state index is 12.0. The van der Waals surface area contributed by atoms with Crippen LogP contribution in [0.5, 0.6) is 0 Å². The van der Waals surface area contributed by atoms with Gasteiger partial charge in [0.25, 0.3) is 0 Å². The van der Waals surface area contributed by atoms with Gasteiger partial charge in [0.1, 0.15) is 5.76 Å². The van der Waals surface area contributed by atoms with Crippen LogP contribution in [0.1, 0.15) is 55.9 Å². The van der Waals surface area contributed by atoms with Crippen LogP contribution >= 0.6 is 0 Å². The number of hydrogen-bond acceptors (Lipinski definition) is 4. The van der Waals surface area contributed by atoms with Crippen LogP contribution in [0.4, 0.5) is 0 Å². The standard InChI is InChI=1S/C18H31N5O2/c1-13-14(2)25-17(23-13)12-22-18(19-3)21-10-9-20-16(24)11-15-7-5-4-6-8-15/h15H,4-12H2,1-3H3,(H,20,24)(H2,19,21,22). The molecule has 1 heterocycles. The molecular weight excluding hydrogens is 318 g/mol. The van der Waals surface area contributed by atoms with Crippen molar-refractivity contribution in [2.75, 3.05) is 20.1 Å². The number of aliphatic imine (C=N–C) groups is 1. The molecule has 0 aromatic carbocycles. The Morgan fingerprint density at radius 1 is 1.16 bits per heavy atom. The van der Waals surface area contributed by atoms with E-state index in [1.807, 2.05) is 13.8 Å². The molecule has 0 bridgehead atoms. The number of rotatable bonds is 7. The van der Waals surface area contributed by atoms with Gasteiger partial charge < -0.3 is 20.4 Å². The smallest absolute Gasteiger partial charge is 0.220 e. The van der Waals surface area contributed by atoms with Gasteiger partial charge in [-0.2, -0.15) is 0 Å². The largest absolute Gasteiger partial charge is 0.444 e. The number of carbonyl (C=O) groups is 1. The number of oxazole rings is 1. The molecule has 1 fully saturated rings. The van der Waals surface area contributed by atoms with Gasteiger partial charge in [-0.05, 0) is 32.6 Å². The lowest BCUT2D eigenvalue weighted by molar-refractivity contribution is -0.122. The first kappa shape index (κ1) is 19.3. The third-order valence-electron chi connectivity index (χ3n) is 4.64. The molecular formula is C18H31N5O2. The third kappa shape index (κ3) is 6.76. The van der Waals surface area contributed by atoms with Crippen LogP contribution in [0.25, 0.3) is 0 Å². The zero-order valence-electron chi connectivity index (χ0n) is 15.7. The molecule has 0 unspecified atom stereocenters. The van der Waals surface area contributed by atoms with E-state index in [1.54, 1.807) is 7.05 Å². The van der Waals surface area contributed by atoms with Crippen molar-refractivity contribution in [3.8, 4) is 0 Å². The van der Waals surface area contributed by atoms with Gasteiger partial charge in [-0.3, -0.25) is 9.79 Å². The summed E-state index contributed by atoms with van der Waals surface area (Å²) >= 11 is 0. The number of nitrogens with one attached hydrogen (secondary N) is 3. The SMILES string of the molecule is CN=C(NCCNC(=O)CC1CCCCC1)NCc1nc(C)c(C)o1. The van der Waals surface area contributed by atoms with Crippen molar-refractivity contribution < 1.29 is 9.21 Å². The second-order valence-corrected chi connectivity index (χ2v) is 6.66. The lowest BCUT2D eigenvalue weighted by Gasteiger charge is -2.20. The maximum Gasteiger partial charge on any atom is 0.220 e. The summed E-state index contributed by atoms with van der Waals surface area (Å²) in [6.07, 6.45) is 6.91. The average Bonchev–Trinajstić information content (AvgIpc) is 2.93. The first-order chi connectivity index (χ1) is 12.1. The Morgan fingerprint density at radius 2 is 1.88 bits per heavy atom. The summed E-state index contributed by atoms with van der Waals surface area (Å²) in [5.74, 6) is 2.86. The summed E-state index contributed by atoms with van der Waals surface area (Å²) in [5, 5.41) is 9.30. The fourth-order valence-corrected chi connectivity index (χ4v) is 3.10. The van der Waals surface area contributed by atoms with E-state index in [2.05, 4.69) is 25.9 Å². The molecule has 0 spiro atoms. The van der Waals surface area contributed by atoms with Gasteiger partial charge in [0, 0.05) is 26.6 Å². The molecule has 7 nitrogen and oxygen atoms in total. The van der Waals surface area contributed by atoms with Crippen LogP contribution in [0.15, 0.2) is 9.41 Å². The topological polar surface area (TPSA) is 91.5 Å². The fraction of sp³-hybridized carbons (Fsp3) is 0.722. The molecule has 1 aliphatic carbocycles. The summed E-state index contributed by atoms with van der Waals surface area (Å²) < 4.78 is 5.53. The molecule has 0 radical (unpaired) electrons. The van der Waals surface area contributed by atoms with Crippen LogP contribution in [0, 0.1) is 19.8 Å². The van der Waals surface area contributed by atoms with Gasteiger partial charge in [-0.15, -0.1) is 0 Å². The zero-order chi connectivity index (χ0) is 18.1. The summed E-state index contributed by atoms with van der Waals surface area (Å²) in [7, 11) is 1.71. The van der Waals surface area contributed by atoms with Gasteiger partial charge in [-0.25, -0.2) is 4.98 Å². The molecule has 1 saturated carbocycles. The van der Waals surface area contributed by atoms with Crippen LogP contribution < -0.4 is 16.0 Å². The first-order valence-electron chi connectivity index (χ1n) is 9.22. The van der Waals surface area contributed by atoms with Gasteiger partial charge in [-0.1, -0.05) is 19.3 Å². The quantitative estimate of drug-likeness (QED) is 0.398. The van der Waals surface area contributed by atoms with Crippen LogP contribution in [0.2, 0.25) is 0 Å². The van der Waals surface area contributed by atoms with Gasteiger partial charge in [0.15, 0.2) is 5.96 Å². The molecule has 0 saturated heterocycles. The van der Waals surface area contributed by atoms with Gasteiger partial charge in [0.05, 0.1) is 12.2 Å². The highest BCUT2D eigenvalue weighted by atomic mass is 16.4.